The molecule has 0 atom stereocenters. The van der Waals surface area contributed by atoms with Gasteiger partial charge in [0.15, 0.2) is 5.83 Å². The van der Waals surface area contributed by atoms with E-state index in [1.54, 1.807) is 6.07 Å². The van der Waals surface area contributed by atoms with E-state index in [1.165, 1.54) is 75.0 Å². The highest BCUT2D eigenvalue weighted by molar-refractivity contribution is 5.26. The van der Waals surface area contributed by atoms with Crippen LogP contribution in [0.25, 0.3) is 0 Å². The number of rotatable bonds is 10. The second-order valence-electron chi connectivity index (χ2n) is 9.78. The molecule has 31 heavy (non-hydrogen) atoms. The minimum atomic E-state index is -0.643. The second kappa shape index (κ2) is 13.0. The van der Waals surface area contributed by atoms with Gasteiger partial charge in [0.1, 0.15) is 6.07 Å². The number of hydrogen-bond acceptors (Lipinski definition) is 2. The summed E-state index contributed by atoms with van der Waals surface area (Å²) >= 11 is 0. The highest BCUT2D eigenvalue weighted by atomic mass is 19.1. The Hall–Kier alpha value is -1.66. The molecule has 3 rings (SSSR count). The fraction of sp³-hybridized carbons (Fsp3) is 0.679. The maximum absolute atomic E-state index is 12.9. The van der Waals surface area contributed by atoms with Crippen molar-refractivity contribution in [3.05, 3.63) is 47.3 Å². The van der Waals surface area contributed by atoms with Gasteiger partial charge >= 0.3 is 0 Å². The van der Waals surface area contributed by atoms with Gasteiger partial charge in [0.25, 0.3) is 0 Å². The maximum atomic E-state index is 12.9. The van der Waals surface area contributed by atoms with Crippen LogP contribution in [-0.4, -0.2) is 12.7 Å². The lowest BCUT2D eigenvalue weighted by atomic mass is 9.78. The number of nitrogens with zero attached hydrogens (tertiary/aromatic N) is 1. The van der Waals surface area contributed by atoms with E-state index < -0.39 is 5.83 Å². The zero-order chi connectivity index (χ0) is 21.9. The van der Waals surface area contributed by atoms with E-state index in [9.17, 15) is 4.39 Å². The third-order valence-corrected chi connectivity index (χ3v) is 7.48. The van der Waals surface area contributed by atoms with E-state index in [0.717, 1.165) is 37.7 Å². The highest BCUT2D eigenvalue weighted by Gasteiger charge is 2.25. The van der Waals surface area contributed by atoms with Crippen LogP contribution < -0.4 is 0 Å². The third-order valence-electron chi connectivity index (χ3n) is 7.48. The van der Waals surface area contributed by atoms with Crippen molar-refractivity contribution in [3.8, 4) is 6.07 Å². The van der Waals surface area contributed by atoms with E-state index in [0.29, 0.717) is 18.4 Å². The molecule has 2 aliphatic carbocycles. The molecule has 0 spiro atoms. The summed E-state index contributed by atoms with van der Waals surface area (Å²) in [4.78, 5) is 0. The summed E-state index contributed by atoms with van der Waals surface area (Å²) < 4.78 is 19.2. The summed E-state index contributed by atoms with van der Waals surface area (Å²) in [6, 6.07) is 11.0. The van der Waals surface area contributed by atoms with Gasteiger partial charge in [0.2, 0.25) is 0 Å². The first-order valence-corrected chi connectivity index (χ1v) is 12.6. The summed E-state index contributed by atoms with van der Waals surface area (Å²) in [5, 5.41) is 8.47. The lowest BCUT2D eigenvalue weighted by molar-refractivity contribution is -0.00824. The van der Waals surface area contributed by atoms with Crippen LogP contribution in [0.4, 0.5) is 4.39 Å². The molecule has 0 saturated heterocycles. The number of ether oxygens (including phenoxy) is 1. The van der Waals surface area contributed by atoms with Gasteiger partial charge < -0.3 is 4.74 Å². The van der Waals surface area contributed by atoms with Gasteiger partial charge in [-0.2, -0.15) is 9.65 Å². The molecular weight excluding hydrogens is 385 g/mol. The standard InChI is InChI=1S/C28H40FNO/c1-2-3-5-22-8-14-25(15-9-22)26-16-10-24(11-17-26)21-31-28-18-12-23(13-19-28)6-4-7-27(29)20-30/h7-9,14-15,23-24,26,28H,2-6,10-13,16-19,21H2,1H3. The Balaban J connectivity index is 1.30. The van der Waals surface area contributed by atoms with Crippen LogP contribution in [0, 0.1) is 23.2 Å². The lowest BCUT2D eigenvalue weighted by Crippen LogP contribution is -2.25. The molecule has 0 heterocycles. The first-order valence-electron chi connectivity index (χ1n) is 12.6. The molecule has 0 aromatic heterocycles. The van der Waals surface area contributed by atoms with Gasteiger partial charge in [-0.1, -0.05) is 37.6 Å². The zero-order valence-electron chi connectivity index (χ0n) is 19.3. The molecule has 2 fully saturated rings. The predicted molar refractivity (Wildman–Crippen MR) is 125 cm³/mol. The average Bonchev–Trinajstić information content (AvgIpc) is 2.83. The Kier molecular flexibility index (Phi) is 10.1. The molecular formula is C28H40FNO. The first kappa shape index (κ1) is 24.0. The van der Waals surface area contributed by atoms with Gasteiger partial charge in [0.05, 0.1) is 6.10 Å². The summed E-state index contributed by atoms with van der Waals surface area (Å²) in [5.74, 6) is 1.46. The fourth-order valence-corrected chi connectivity index (χ4v) is 5.35. The normalized spacial score (nSPS) is 27.1. The average molecular weight is 426 g/mol. The van der Waals surface area contributed by atoms with Crippen LogP contribution in [-0.2, 0) is 11.2 Å². The smallest absolute Gasteiger partial charge is 0.196 e. The molecule has 1 aromatic carbocycles. The van der Waals surface area contributed by atoms with Crippen LogP contribution >= 0.6 is 0 Å². The van der Waals surface area contributed by atoms with E-state index in [4.69, 9.17) is 10.00 Å². The first-order chi connectivity index (χ1) is 15.2. The molecule has 2 nitrogen and oxygen atoms in total. The van der Waals surface area contributed by atoms with E-state index in [2.05, 4.69) is 31.2 Å². The molecule has 1 aromatic rings. The zero-order valence-corrected chi connectivity index (χ0v) is 19.3. The highest BCUT2D eigenvalue weighted by Crippen LogP contribution is 2.37. The number of benzene rings is 1. The summed E-state index contributed by atoms with van der Waals surface area (Å²) in [5.41, 5.74) is 3.01. The quantitative estimate of drug-likeness (QED) is 0.355. The minimum Gasteiger partial charge on any atom is -0.378 e. The van der Waals surface area contributed by atoms with Gasteiger partial charge in [-0.15, -0.1) is 0 Å². The number of allylic oxidation sites excluding steroid dienone is 2. The molecule has 0 amide bonds. The van der Waals surface area contributed by atoms with E-state index in [1.807, 2.05) is 0 Å². The Morgan fingerprint density at radius 2 is 1.71 bits per heavy atom. The Morgan fingerprint density at radius 1 is 1.03 bits per heavy atom. The van der Waals surface area contributed by atoms with Crippen molar-refractivity contribution >= 4 is 0 Å². The number of hydrogen-bond donors (Lipinski definition) is 0. The van der Waals surface area contributed by atoms with Crippen molar-refractivity contribution < 1.29 is 9.13 Å². The number of halogens is 1. The Morgan fingerprint density at radius 3 is 2.35 bits per heavy atom. The lowest BCUT2D eigenvalue weighted by Gasteiger charge is -2.32. The van der Waals surface area contributed by atoms with Crippen LogP contribution in [0.2, 0.25) is 0 Å². The Bertz CT molecular complexity index is 704. The third kappa shape index (κ3) is 8.08. The van der Waals surface area contributed by atoms with Crippen molar-refractivity contribution in [2.45, 2.75) is 102 Å². The van der Waals surface area contributed by atoms with Crippen LogP contribution in [0.3, 0.4) is 0 Å². The van der Waals surface area contributed by atoms with E-state index >= 15 is 0 Å². The van der Waals surface area contributed by atoms with Crippen molar-refractivity contribution in [1.29, 1.82) is 5.26 Å². The molecule has 0 bridgehead atoms. The summed E-state index contributed by atoms with van der Waals surface area (Å²) in [6.45, 7) is 3.18. The molecule has 0 aliphatic heterocycles. The maximum Gasteiger partial charge on any atom is 0.196 e. The van der Waals surface area contributed by atoms with Crippen molar-refractivity contribution in [3.63, 3.8) is 0 Å². The van der Waals surface area contributed by atoms with Gasteiger partial charge in [-0.3, -0.25) is 0 Å². The Labute approximate surface area is 188 Å². The van der Waals surface area contributed by atoms with Crippen molar-refractivity contribution in [2.75, 3.05) is 6.61 Å². The number of aryl methyl sites for hydroxylation is 1. The van der Waals surface area contributed by atoms with Gasteiger partial charge in [-0.05, 0) is 112 Å². The fourth-order valence-electron chi connectivity index (χ4n) is 5.35. The molecule has 0 N–H and O–H groups in total. The molecule has 0 unspecified atom stereocenters. The molecule has 0 radical (unpaired) electrons. The molecule has 3 heteroatoms. The van der Waals surface area contributed by atoms with Gasteiger partial charge in [0, 0.05) is 6.61 Å². The predicted octanol–water partition coefficient (Wildman–Crippen LogP) is 8.04. The van der Waals surface area contributed by atoms with Gasteiger partial charge in [-0.25, -0.2) is 0 Å². The number of nitriles is 1. The molecule has 2 aliphatic rings. The minimum absolute atomic E-state index is 0.413. The SMILES string of the molecule is CCCCc1ccc(C2CCC(COC3CCC(CCC=C(F)C#N)CC3)CC2)cc1. The number of unbranched alkanes of at least 4 members (excludes halogenated alkanes) is 1. The van der Waals surface area contributed by atoms with E-state index in [-0.39, 0.29) is 0 Å². The molecule has 170 valence electrons. The van der Waals surface area contributed by atoms with Crippen LogP contribution in [0.15, 0.2) is 36.2 Å². The summed E-state index contributed by atoms with van der Waals surface area (Å²) in [6.07, 6.45) is 17.0. The molecule has 2 saturated carbocycles. The van der Waals surface area contributed by atoms with Crippen LogP contribution in [0.1, 0.15) is 101 Å². The summed E-state index contributed by atoms with van der Waals surface area (Å²) in [7, 11) is 0. The van der Waals surface area contributed by atoms with Crippen molar-refractivity contribution in [1.82, 2.24) is 0 Å². The largest absolute Gasteiger partial charge is 0.378 e. The van der Waals surface area contributed by atoms with Crippen LogP contribution in [0.5, 0.6) is 0 Å². The second-order valence-corrected chi connectivity index (χ2v) is 9.78. The monoisotopic (exact) mass is 425 g/mol. The topological polar surface area (TPSA) is 33.0 Å². The van der Waals surface area contributed by atoms with Crippen molar-refractivity contribution in [2.24, 2.45) is 11.8 Å².